The zero-order valence-corrected chi connectivity index (χ0v) is 11.5. The van der Waals surface area contributed by atoms with Gasteiger partial charge in [0.1, 0.15) is 0 Å². The molecule has 7 heteroatoms. The van der Waals surface area contributed by atoms with Crippen LogP contribution in [0.5, 0.6) is 0 Å². The van der Waals surface area contributed by atoms with E-state index >= 15 is 0 Å². The average molecular weight is 294 g/mol. The molecule has 2 N–H and O–H groups in total. The molecular formula is C14H14O7. The minimum atomic E-state index is -1.34. The normalized spacial score (nSPS) is 10.8. The molecule has 0 radical (unpaired) electrons. The van der Waals surface area contributed by atoms with E-state index in [-0.39, 0.29) is 11.1 Å². The Morgan fingerprint density at radius 2 is 1.48 bits per heavy atom. The van der Waals surface area contributed by atoms with Gasteiger partial charge in [0.25, 0.3) is 0 Å². The maximum Gasteiger partial charge on any atom is 0.345 e. The van der Waals surface area contributed by atoms with Gasteiger partial charge in [-0.2, -0.15) is 0 Å². The third-order valence-electron chi connectivity index (χ3n) is 2.70. The summed E-state index contributed by atoms with van der Waals surface area (Å²) >= 11 is 0. The molecule has 0 aliphatic heterocycles. The first-order chi connectivity index (χ1) is 9.63. The Bertz CT molecular complexity index is 584. The summed E-state index contributed by atoms with van der Waals surface area (Å²) in [5.41, 5.74) is -1.36. The van der Waals surface area contributed by atoms with Crippen molar-refractivity contribution in [3.63, 3.8) is 0 Å². The third-order valence-corrected chi connectivity index (χ3v) is 2.70. The number of aromatic carboxylic acids is 1. The van der Waals surface area contributed by atoms with E-state index in [2.05, 4.69) is 4.74 Å². The fourth-order valence-corrected chi connectivity index (χ4v) is 1.48. The number of carboxylic acids is 2. The van der Waals surface area contributed by atoms with Crippen molar-refractivity contribution < 1.29 is 34.1 Å². The number of aliphatic carboxylic acids is 1. The second kappa shape index (κ2) is 6.17. The Morgan fingerprint density at radius 1 is 1.00 bits per heavy atom. The first kappa shape index (κ1) is 16.4. The monoisotopic (exact) mass is 294 g/mol. The quantitative estimate of drug-likeness (QED) is 0.625. The van der Waals surface area contributed by atoms with Gasteiger partial charge in [-0.25, -0.2) is 9.59 Å². The van der Waals surface area contributed by atoms with Gasteiger partial charge in [0.05, 0.1) is 23.0 Å². The van der Waals surface area contributed by atoms with Crippen molar-refractivity contribution in [2.24, 2.45) is 5.41 Å². The summed E-state index contributed by atoms with van der Waals surface area (Å²) in [5.74, 6) is -4.25. The molecule has 21 heavy (non-hydrogen) atoms. The number of esters is 2. The molecule has 0 aromatic heterocycles. The van der Waals surface area contributed by atoms with Crippen molar-refractivity contribution in [1.82, 2.24) is 0 Å². The largest absolute Gasteiger partial charge is 0.481 e. The van der Waals surface area contributed by atoms with E-state index in [1.165, 1.54) is 38.1 Å². The van der Waals surface area contributed by atoms with Gasteiger partial charge in [-0.3, -0.25) is 9.59 Å². The van der Waals surface area contributed by atoms with E-state index < -0.39 is 35.7 Å². The molecule has 0 aliphatic rings. The highest BCUT2D eigenvalue weighted by molar-refractivity contribution is 5.99. The topological polar surface area (TPSA) is 118 Å². The smallest absolute Gasteiger partial charge is 0.345 e. The van der Waals surface area contributed by atoms with Crippen LogP contribution in [-0.4, -0.2) is 34.1 Å². The number of carbonyl (C=O) groups is 4. The number of hydrogen-bond acceptors (Lipinski definition) is 5. The SMILES string of the molecule is CC(C)(CC(=O)O)C(=O)OC(=O)c1ccc(C(=O)O)cc1. The molecule has 1 aromatic carbocycles. The number of ether oxygens (including phenoxy) is 1. The van der Waals surface area contributed by atoms with Crippen LogP contribution in [-0.2, 0) is 14.3 Å². The Morgan fingerprint density at radius 3 is 1.90 bits per heavy atom. The van der Waals surface area contributed by atoms with Crippen molar-refractivity contribution in [3.05, 3.63) is 35.4 Å². The van der Waals surface area contributed by atoms with E-state index in [1.807, 2.05) is 0 Å². The van der Waals surface area contributed by atoms with Crippen LogP contribution < -0.4 is 0 Å². The van der Waals surface area contributed by atoms with Crippen LogP contribution in [0.15, 0.2) is 24.3 Å². The minimum Gasteiger partial charge on any atom is -0.481 e. The molecule has 0 fully saturated rings. The molecule has 0 unspecified atom stereocenters. The van der Waals surface area contributed by atoms with Crippen molar-refractivity contribution in [2.45, 2.75) is 20.3 Å². The zero-order valence-electron chi connectivity index (χ0n) is 11.5. The molecule has 0 amide bonds. The lowest BCUT2D eigenvalue weighted by atomic mass is 9.89. The van der Waals surface area contributed by atoms with Crippen LogP contribution in [0.25, 0.3) is 0 Å². The van der Waals surface area contributed by atoms with Crippen molar-refractivity contribution in [1.29, 1.82) is 0 Å². The number of carboxylic acid groups (broad SMARTS) is 2. The van der Waals surface area contributed by atoms with Gasteiger partial charge in [-0.15, -0.1) is 0 Å². The Balaban J connectivity index is 2.79. The van der Waals surface area contributed by atoms with Crippen molar-refractivity contribution >= 4 is 23.9 Å². The number of benzene rings is 1. The van der Waals surface area contributed by atoms with Crippen LogP contribution in [0.4, 0.5) is 0 Å². The predicted molar refractivity (Wildman–Crippen MR) is 69.9 cm³/mol. The maximum atomic E-state index is 11.8. The van der Waals surface area contributed by atoms with Crippen LogP contribution in [0.2, 0.25) is 0 Å². The van der Waals surface area contributed by atoms with E-state index in [0.29, 0.717) is 0 Å². The van der Waals surface area contributed by atoms with Gasteiger partial charge in [-0.1, -0.05) is 0 Å². The first-order valence-electron chi connectivity index (χ1n) is 5.95. The highest BCUT2D eigenvalue weighted by atomic mass is 16.6. The molecule has 0 aliphatic carbocycles. The summed E-state index contributed by atoms with van der Waals surface area (Å²) in [6.45, 7) is 2.70. The lowest BCUT2D eigenvalue weighted by molar-refractivity contribution is -0.154. The fourth-order valence-electron chi connectivity index (χ4n) is 1.48. The van der Waals surface area contributed by atoms with E-state index in [1.54, 1.807) is 0 Å². The maximum absolute atomic E-state index is 11.8. The van der Waals surface area contributed by atoms with Crippen molar-refractivity contribution in [2.75, 3.05) is 0 Å². The average Bonchev–Trinajstić information content (AvgIpc) is 2.37. The summed E-state index contributed by atoms with van der Waals surface area (Å²) < 4.78 is 4.61. The molecule has 1 rings (SSSR count). The summed E-state index contributed by atoms with van der Waals surface area (Å²) in [5, 5.41) is 17.4. The molecule has 0 heterocycles. The predicted octanol–water partition coefficient (Wildman–Crippen LogP) is 1.57. The van der Waals surface area contributed by atoms with Crippen LogP contribution in [0, 0.1) is 5.41 Å². The molecular weight excluding hydrogens is 280 g/mol. The molecule has 0 spiro atoms. The lowest BCUT2D eigenvalue weighted by Gasteiger charge is -2.19. The lowest BCUT2D eigenvalue weighted by Crippen LogP contribution is -2.31. The second-order valence-electron chi connectivity index (χ2n) is 5.01. The highest BCUT2D eigenvalue weighted by Crippen LogP contribution is 2.23. The standard InChI is InChI=1S/C14H14O7/c1-14(2,7-10(15)16)13(20)21-12(19)9-5-3-8(4-6-9)11(17)18/h3-6H,7H2,1-2H3,(H,15,16)(H,17,18). The number of hydrogen-bond donors (Lipinski definition) is 2. The summed E-state index contributed by atoms with van der Waals surface area (Å²) in [4.78, 5) is 44.8. The Labute approximate surface area is 120 Å². The van der Waals surface area contributed by atoms with Gasteiger partial charge in [0.2, 0.25) is 0 Å². The molecule has 7 nitrogen and oxygen atoms in total. The zero-order chi connectivity index (χ0) is 16.2. The number of carbonyl (C=O) groups excluding carboxylic acids is 2. The molecule has 0 atom stereocenters. The molecule has 1 aromatic rings. The van der Waals surface area contributed by atoms with Crippen LogP contribution in [0.3, 0.4) is 0 Å². The van der Waals surface area contributed by atoms with Crippen LogP contribution in [0.1, 0.15) is 41.0 Å². The first-order valence-corrected chi connectivity index (χ1v) is 5.95. The van der Waals surface area contributed by atoms with Gasteiger partial charge >= 0.3 is 23.9 Å². The van der Waals surface area contributed by atoms with Gasteiger partial charge in [0.15, 0.2) is 0 Å². The molecule has 112 valence electrons. The minimum absolute atomic E-state index is 0.000486. The fraction of sp³-hybridized carbons (Fsp3) is 0.286. The molecule has 0 saturated carbocycles. The van der Waals surface area contributed by atoms with Gasteiger partial charge in [0, 0.05) is 0 Å². The Hall–Kier alpha value is -2.70. The van der Waals surface area contributed by atoms with E-state index in [4.69, 9.17) is 10.2 Å². The van der Waals surface area contributed by atoms with Gasteiger partial charge in [-0.05, 0) is 38.1 Å². The summed E-state index contributed by atoms with van der Waals surface area (Å²) in [7, 11) is 0. The second-order valence-corrected chi connectivity index (χ2v) is 5.01. The number of rotatable bonds is 5. The summed E-state index contributed by atoms with van der Waals surface area (Å²) in [6, 6.07) is 4.82. The van der Waals surface area contributed by atoms with Gasteiger partial charge < -0.3 is 14.9 Å². The van der Waals surface area contributed by atoms with Crippen LogP contribution >= 0.6 is 0 Å². The third kappa shape index (κ3) is 4.41. The molecule has 0 saturated heterocycles. The summed E-state index contributed by atoms with van der Waals surface area (Å²) in [6.07, 6.45) is -0.475. The Kier molecular flexibility index (Phi) is 4.80. The van der Waals surface area contributed by atoms with E-state index in [9.17, 15) is 19.2 Å². The van der Waals surface area contributed by atoms with E-state index in [0.717, 1.165) is 0 Å². The van der Waals surface area contributed by atoms with Crippen molar-refractivity contribution in [3.8, 4) is 0 Å². The highest BCUT2D eigenvalue weighted by Gasteiger charge is 2.34. The molecule has 0 bridgehead atoms.